The van der Waals surface area contributed by atoms with Crippen LogP contribution in [0.1, 0.15) is 30.5 Å². The van der Waals surface area contributed by atoms with Gasteiger partial charge in [-0.25, -0.2) is 10.0 Å². The molecule has 39 heavy (non-hydrogen) atoms. The van der Waals surface area contributed by atoms with Crippen molar-refractivity contribution in [3.8, 4) is 5.75 Å². The molecular weight excluding hydrogens is 530 g/mol. The maximum atomic E-state index is 10.8. The molecule has 0 saturated heterocycles. The molecule has 0 fully saturated rings. The van der Waals surface area contributed by atoms with E-state index in [0.29, 0.717) is 17.3 Å². The van der Waals surface area contributed by atoms with Crippen molar-refractivity contribution in [2.75, 3.05) is 37.3 Å². The van der Waals surface area contributed by atoms with Crippen LogP contribution in [0.3, 0.4) is 0 Å². The van der Waals surface area contributed by atoms with Crippen LogP contribution in [-0.4, -0.2) is 55.7 Å². The molecule has 0 unspecified atom stereocenters. The maximum Gasteiger partial charge on any atom is 0.217 e. The second kappa shape index (κ2) is 13.0. The standard InChI is InChI=1S/C18H17ClN4O.C12H19NOS/c1-11(20)23-16-8-7-14(24-2)9-15(16)18(22-10-17(23)21)12-3-5-13(19)6-4-12;1-10(14)13-9-11-6-5-7-12(8-11)15(2,3)4/h3-9,20-21H,10H2,1-2H3;5-8H,9H2,1-4H3,(H,13,14). The molecule has 3 N–H and O–H groups in total. The fourth-order valence-electron chi connectivity index (χ4n) is 3.98. The Morgan fingerprint density at radius 1 is 1.08 bits per heavy atom. The first-order valence-electron chi connectivity index (χ1n) is 12.3. The van der Waals surface area contributed by atoms with Crippen molar-refractivity contribution >= 4 is 50.6 Å². The average Bonchev–Trinajstić information content (AvgIpc) is 3.03. The Hall–Kier alpha value is -3.62. The number of hydrogen-bond donors (Lipinski definition) is 3. The Morgan fingerprint density at radius 3 is 2.36 bits per heavy atom. The molecule has 0 bridgehead atoms. The highest BCUT2D eigenvalue weighted by Crippen LogP contribution is 2.45. The van der Waals surface area contributed by atoms with E-state index in [2.05, 4.69) is 47.3 Å². The molecule has 7 nitrogen and oxygen atoms in total. The number of methoxy groups -OCH3 is 1. The second-order valence-corrected chi connectivity index (χ2v) is 14.4. The first-order chi connectivity index (χ1) is 18.4. The predicted octanol–water partition coefficient (Wildman–Crippen LogP) is 6.36. The Kier molecular flexibility index (Phi) is 9.94. The smallest absolute Gasteiger partial charge is 0.217 e. The molecule has 9 heteroatoms. The summed E-state index contributed by atoms with van der Waals surface area (Å²) in [5, 5.41) is 19.8. The lowest BCUT2D eigenvalue weighted by atomic mass is 9.99. The molecule has 0 atom stereocenters. The fraction of sp³-hybridized carbons (Fsp3) is 0.267. The molecule has 1 heterocycles. The van der Waals surface area contributed by atoms with Crippen LogP contribution in [0, 0.1) is 10.8 Å². The van der Waals surface area contributed by atoms with Crippen molar-refractivity contribution in [1.82, 2.24) is 5.32 Å². The van der Waals surface area contributed by atoms with Gasteiger partial charge in [-0.15, -0.1) is 0 Å². The van der Waals surface area contributed by atoms with Crippen molar-refractivity contribution in [1.29, 1.82) is 10.8 Å². The van der Waals surface area contributed by atoms with E-state index >= 15 is 0 Å². The van der Waals surface area contributed by atoms with E-state index in [0.717, 1.165) is 22.5 Å². The third-order valence-corrected chi connectivity index (χ3v) is 7.88. The number of amidine groups is 2. The highest BCUT2D eigenvalue weighted by molar-refractivity contribution is 8.32. The molecular formula is C30H36ClN5O2S. The quantitative estimate of drug-likeness (QED) is 0.248. The summed E-state index contributed by atoms with van der Waals surface area (Å²) in [5.74, 6) is 1.26. The van der Waals surface area contributed by atoms with E-state index in [9.17, 15) is 4.79 Å². The number of nitrogens with zero attached hydrogens (tertiary/aromatic N) is 2. The number of halogens is 1. The van der Waals surface area contributed by atoms with Crippen LogP contribution in [-0.2, 0) is 11.3 Å². The van der Waals surface area contributed by atoms with Gasteiger partial charge in [-0.1, -0.05) is 41.9 Å². The van der Waals surface area contributed by atoms with Gasteiger partial charge in [0.15, 0.2) is 0 Å². The minimum atomic E-state index is -0.677. The van der Waals surface area contributed by atoms with Gasteiger partial charge in [-0.3, -0.25) is 25.5 Å². The van der Waals surface area contributed by atoms with E-state index in [1.807, 2.05) is 48.5 Å². The highest BCUT2D eigenvalue weighted by Gasteiger charge is 2.25. The van der Waals surface area contributed by atoms with E-state index in [4.69, 9.17) is 27.2 Å². The number of benzene rings is 3. The van der Waals surface area contributed by atoms with Crippen LogP contribution in [0.4, 0.5) is 5.69 Å². The summed E-state index contributed by atoms with van der Waals surface area (Å²) in [6, 6.07) is 21.5. The third kappa shape index (κ3) is 7.94. The maximum absolute atomic E-state index is 10.8. The minimum absolute atomic E-state index is 0.0171. The third-order valence-electron chi connectivity index (χ3n) is 5.96. The molecule has 1 aliphatic rings. The monoisotopic (exact) mass is 565 g/mol. The Labute approximate surface area is 237 Å². The summed E-state index contributed by atoms with van der Waals surface area (Å²) in [6.45, 7) is 4.03. The molecule has 1 amide bonds. The topological polar surface area (TPSA) is 102 Å². The Balaban J connectivity index is 0.000000242. The number of anilines is 1. The van der Waals surface area contributed by atoms with Crippen molar-refractivity contribution < 1.29 is 9.53 Å². The molecule has 4 rings (SSSR count). The predicted molar refractivity (Wildman–Crippen MR) is 166 cm³/mol. The number of benzodiazepines with no additional fused rings is 1. The van der Waals surface area contributed by atoms with Gasteiger partial charge >= 0.3 is 0 Å². The van der Waals surface area contributed by atoms with E-state index < -0.39 is 10.0 Å². The number of hydrogen-bond acceptors (Lipinski definition) is 5. The molecule has 1 aliphatic heterocycles. The molecule has 0 aromatic heterocycles. The van der Waals surface area contributed by atoms with Crippen molar-refractivity contribution in [2.24, 2.45) is 4.99 Å². The van der Waals surface area contributed by atoms with Gasteiger partial charge in [0.1, 0.15) is 17.4 Å². The SMILES string of the molecule is CC(=O)NCc1cccc(S(C)(C)C)c1.COc1ccc2c(c1)C(c1ccc(Cl)cc1)=NCC(=N)N2C(C)=N. The van der Waals surface area contributed by atoms with Crippen molar-refractivity contribution in [3.63, 3.8) is 0 Å². The first-order valence-corrected chi connectivity index (χ1v) is 15.6. The molecule has 3 aromatic rings. The summed E-state index contributed by atoms with van der Waals surface area (Å²) < 4.78 is 5.34. The first kappa shape index (κ1) is 29.9. The van der Waals surface area contributed by atoms with E-state index in [1.54, 1.807) is 25.9 Å². The Bertz CT molecular complexity index is 1400. The summed E-state index contributed by atoms with van der Waals surface area (Å²) >= 11 is 5.99. The van der Waals surface area contributed by atoms with Crippen LogP contribution in [0.2, 0.25) is 5.02 Å². The van der Waals surface area contributed by atoms with Gasteiger partial charge in [-0.05, 0) is 72.5 Å². The number of carbonyl (C=O) groups is 1. The van der Waals surface area contributed by atoms with Crippen LogP contribution in [0.25, 0.3) is 0 Å². The molecule has 0 aliphatic carbocycles. The lowest BCUT2D eigenvalue weighted by Crippen LogP contribution is -2.35. The van der Waals surface area contributed by atoms with Gasteiger partial charge in [-0.2, -0.15) is 0 Å². The van der Waals surface area contributed by atoms with Gasteiger partial charge < -0.3 is 10.1 Å². The minimum Gasteiger partial charge on any atom is -0.497 e. The molecule has 3 aromatic carbocycles. The zero-order valence-electron chi connectivity index (χ0n) is 23.3. The highest BCUT2D eigenvalue weighted by atomic mass is 35.5. The molecule has 206 valence electrons. The number of amides is 1. The average molecular weight is 566 g/mol. The second-order valence-electron chi connectivity index (χ2n) is 9.82. The van der Waals surface area contributed by atoms with Gasteiger partial charge in [0, 0.05) is 29.6 Å². The van der Waals surface area contributed by atoms with Gasteiger partial charge in [0.25, 0.3) is 0 Å². The number of rotatable bonds is 5. The number of aliphatic imine (C=N–C) groups is 1. The zero-order chi connectivity index (χ0) is 28.7. The van der Waals surface area contributed by atoms with Crippen LogP contribution in [0.15, 0.2) is 76.6 Å². The van der Waals surface area contributed by atoms with Crippen LogP contribution >= 0.6 is 21.6 Å². The largest absolute Gasteiger partial charge is 0.497 e. The number of fused-ring (bicyclic) bond motifs is 1. The summed E-state index contributed by atoms with van der Waals surface area (Å²) in [5.41, 5.74) is 4.41. The summed E-state index contributed by atoms with van der Waals surface area (Å²) in [7, 11) is 0.934. The number of carbonyl (C=O) groups excluding carboxylic acids is 1. The molecule has 0 radical (unpaired) electrons. The summed E-state index contributed by atoms with van der Waals surface area (Å²) in [4.78, 5) is 18.4. The number of nitrogens with one attached hydrogen (secondary N) is 3. The molecule has 0 spiro atoms. The number of ether oxygens (including phenoxy) is 1. The zero-order valence-corrected chi connectivity index (χ0v) is 24.8. The normalized spacial score (nSPS) is 13.3. The van der Waals surface area contributed by atoms with Crippen LogP contribution in [0.5, 0.6) is 5.75 Å². The lowest BCUT2D eigenvalue weighted by Gasteiger charge is -2.26. The fourth-order valence-corrected chi connectivity index (χ4v) is 5.10. The van der Waals surface area contributed by atoms with Gasteiger partial charge in [0.05, 0.1) is 25.1 Å². The van der Waals surface area contributed by atoms with E-state index in [1.165, 1.54) is 10.5 Å². The summed E-state index contributed by atoms with van der Waals surface area (Å²) in [6.07, 6.45) is 6.81. The molecule has 0 saturated carbocycles. The Morgan fingerprint density at radius 2 is 1.77 bits per heavy atom. The van der Waals surface area contributed by atoms with Gasteiger partial charge in [0.2, 0.25) is 5.91 Å². The van der Waals surface area contributed by atoms with E-state index in [-0.39, 0.29) is 24.1 Å². The van der Waals surface area contributed by atoms with Crippen molar-refractivity contribution in [3.05, 3.63) is 88.4 Å². The van der Waals surface area contributed by atoms with Crippen molar-refractivity contribution in [2.45, 2.75) is 25.3 Å². The van der Waals surface area contributed by atoms with Crippen LogP contribution < -0.4 is 15.0 Å². The lowest BCUT2D eigenvalue weighted by molar-refractivity contribution is -0.119.